The second kappa shape index (κ2) is 7.05. The molecule has 1 aliphatic rings. The topological polar surface area (TPSA) is 59.4 Å². The molecule has 5 heteroatoms. The number of pyridine rings is 1. The third-order valence-corrected chi connectivity index (χ3v) is 4.97. The van der Waals surface area contributed by atoms with Gasteiger partial charge in [-0.1, -0.05) is 24.6 Å². The van der Waals surface area contributed by atoms with Gasteiger partial charge in [0.2, 0.25) is 5.88 Å². The number of carbonyl (C=O) groups excluding carboxylic acids is 1. The number of rotatable bonds is 4. The molecule has 136 valence electrons. The summed E-state index contributed by atoms with van der Waals surface area (Å²) in [5, 5.41) is 11.7. The van der Waals surface area contributed by atoms with Crippen LogP contribution in [0.15, 0.2) is 54.3 Å². The Balaban J connectivity index is 1.71. The minimum atomic E-state index is -0.0277. The zero-order valence-corrected chi connectivity index (χ0v) is 15.6. The van der Waals surface area contributed by atoms with Gasteiger partial charge in [-0.3, -0.25) is 4.79 Å². The highest BCUT2D eigenvalue weighted by atomic mass is 35.5. The fourth-order valence-electron chi connectivity index (χ4n) is 3.36. The number of hydrogen-bond acceptors (Lipinski definition) is 4. The van der Waals surface area contributed by atoms with Gasteiger partial charge in [0.1, 0.15) is 11.5 Å². The second-order valence-corrected chi connectivity index (χ2v) is 6.94. The number of carbonyl (C=O) groups is 1. The lowest BCUT2D eigenvalue weighted by Crippen LogP contribution is -2.01. The van der Waals surface area contributed by atoms with Crippen LogP contribution in [0.1, 0.15) is 30.9 Å². The Hall–Kier alpha value is -2.85. The summed E-state index contributed by atoms with van der Waals surface area (Å²) >= 11 is 6.01. The van der Waals surface area contributed by atoms with Crippen molar-refractivity contribution in [3.05, 3.63) is 70.4 Å². The summed E-state index contributed by atoms with van der Waals surface area (Å²) in [6, 6.07) is 14.8. The van der Waals surface area contributed by atoms with E-state index in [2.05, 4.69) is 4.98 Å². The summed E-state index contributed by atoms with van der Waals surface area (Å²) in [5.74, 6) is 1.16. The van der Waals surface area contributed by atoms with Crippen molar-refractivity contribution in [1.82, 2.24) is 4.98 Å². The SMILES string of the molecule is CCc1ccc(Oc2ccc3cc(Cl)ccc3n2)cc1C1=C(O)CCC1=O. The van der Waals surface area contributed by atoms with Gasteiger partial charge in [-0.2, -0.15) is 0 Å². The van der Waals surface area contributed by atoms with E-state index in [-0.39, 0.29) is 11.5 Å². The molecular weight excluding hydrogens is 362 g/mol. The van der Waals surface area contributed by atoms with Crippen LogP contribution in [0, 0.1) is 0 Å². The zero-order chi connectivity index (χ0) is 19.0. The second-order valence-electron chi connectivity index (χ2n) is 6.51. The highest BCUT2D eigenvalue weighted by molar-refractivity contribution is 6.31. The summed E-state index contributed by atoms with van der Waals surface area (Å²) in [7, 11) is 0. The lowest BCUT2D eigenvalue weighted by atomic mass is 9.96. The molecule has 27 heavy (non-hydrogen) atoms. The number of fused-ring (bicyclic) bond motifs is 1. The molecule has 0 radical (unpaired) electrons. The Kier molecular flexibility index (Phi) is 4.58. The molecule has 0 bridgehead atoms. The third kappa shape index (κ3) is 3.40. The predicted molar refractivity (Wildman–Crippen MR) is 106 cm³/mol. The van der Waals surface area contributed by atoms with Crippen molar-refractivity contribution >= 4 is 33.9 Å². The standard InChI is InChI=1S/C22H18ClNO3/c1-2-13-3-6-16(12-17(13)22-19(25)8-9-20(22)26)27-21-10-4-14-11-15(23)5-7-18(14)24-21/h3-7,10-12,25H,2,8-9H2,1H3. The number of benzene rings is 2. The number of aromatic nitrogens is 1. The maximum atomic E-state index is 12.2. The Morgan fingerprint density at radius 1 is 1.11 bits per heavy atom. The van der Waals surface area contributed by atoms with Gasteiger partial charge in [-0.25, -0.2) is 4.98 Å². The van der Waals surface area contributed by atoms with Crippen molar-refractivity contribution in [2.75, 3.05) is 0 Å². The Bertz CT molecular complexity index is 1090. The molecule has 1 heterocycles. The molecule has 4 nitrogen and oxygen atoms in total. The van der Waals surface area contributed by atoms with Gasteiger partial charge >= 0.3 is 0 Å². The van der Waals surface area contributed by atoms with Gasteiger partial charge in [-0.05, 0) is 53.9 Å². The number of Topliss-reactive ketones (excluding diaryl/α,β-unsaturated/α-hetero) is 1. The summed E-state index contributed by atoms with van der Waals surface area (Å²) in [5.41, 5.74) is 2.94. The number of aliphatic hydroxyl groups is 1. The molecule has 1 aliphatic carbocycles. The molecule has 0 saturated heterocycles. The Morgan fingerprint density at radius 2 is 1.96 bits per heavy atom. The average Bonchev–Trinajstić information content (AvgIpc) is 3.00. The first-order valence-electron chi connectivity index (χ1n) is 8.88. The number of aryl methyl sites for hydroxylation is 1. The number of nitrogens with zero attached hydrogens (tertiary/aromatic N) is 1. The monoisotopic (exact) mass is 379 g/mol. The third-order valence-electron chi connectivity index (χ3n) is 4.74. The largest absolute Gasteiger partial charge is 0.512 e. The van der Waals surface area contributed by atoms with Gasteiger partial charge in [0.25, 0.3) is 0 Å². The van der Waals surface area contributed by atoms with E-state index in [1.54, 1.807) is 18.2 Å². The van der Waals surface area contributed by atoms with Gasteiger partial charge in [-0.15, -0.1) is 0 Å². The highest BCUT2D eigenvalue weighted by Crippen LogP contribution is 2.35. The van der Waals surface area contributed by atoms with Crippen LogP contribution in [0.3, 0.4) is 0 Å². The van der Waals surface area contributed by atoms with E-state index >= 15 is 0 Å². The first-order chi connectivity index (χ1) is 13.0. The molecule has 0 aliphatic heterocycles. The van der Waals surface area contributed by atoms with E-state index in [4.69, 9.17) is 16.3 Å². The molecule has 0 unspecified atom stereocenters. The van der Waals surface area contributed by atoms with E-state index in [1.807, 2.05) is 37.3 Å². The van der Waals surface area contributed by atoms with Crippen LogP contribution in [-0.4, -0.2) is 15.9 Å². The molecule has 0 spiro atoms. The molecule has 1 aromatic heterocycles. The fraction of sp³-hybridized carbons (Fsp3) is 0.182. The van der Waals surface area contributed by atoms with E-state index in [9.17, 15) is 9.90 Å². The van der Waals surface area contributed by atoms with E-state index in [1.165, 1.54) is 0 Å². The summed E-state index contributed by atoms with van der Waals surface area (Å²) < 4.78 is 5.93. The summed E-state index contributed by atoms with van der Waals surface area (Å²) in [4.78, 5) is 16.7. The van der Waals surface area contributed by atoms with Crippen LogP contribution >= 0.6 is 11.6 Å². The smallest absolute Gasteiger partial charge is 0.219 e. The minimum absolute atomic E-state index is 0.0277. The molecule has 0 amide bonds. The van der Waals surface area contributed by atoms with Crippen LogP contribution in [0.25, 0.3) is 16.5 Å². The van der Waals surface area contributed by atoms with Gasteiger partial charge in [0.05, 0.1) is 11.1 Å². The van der Waals surface area contributed by atoms with Crippen molar-refractivity contribution in [1.29, 1.82) is 0 Å². The van der Waals surface area contributed by atoms with Gasteiger partial charge < -0.3 is 9.84 Å². The maximum absolute atomic E-state index is 12.2. The maximum Gasteiger partial charge on any atom is 0.219 e. The van der Waals surface area contributed by atoms with Crippen molar-refractivity contribution in [3.8, 4) is 11.6 Å². The molecule has 3 aromatic rings. The number of hydrogen-bond donors (Lipinski definition) is 1. The van der Waals surface area contributed by atoms with Crippen molar-refractivity contribution in [2.45, 2.75) is 26.2 Å². The molecule has 0 saturated carbocycles. The number of ether oxygens (including phenoxy) is 1. The molecule has 1 N–H and O–H groups in total. The van der Waals surface area contributed by atoms with Crippen LogP contribution in [0.5, 0.6) is 11.6 Å². The van der Waals surface area contributed by atoms with Gasteiger partial charge in [0, 0.05) is 29.3 Å². The number of allylic oxidation sites excluding steroid dienone is 2. The number of ketones is 1. The lowest BCUT2D eigenvalue weighted by molar-refractivity contribution is -0.113. The number of aliphatic hydroxyl groups excluding tert-OH is 1. The van der Waals surface area contributed by atoms with Crippen LogP contribution < -0.4 is 4.74 Å². The first-order valence-corrected chi connectivity index (χ1v) is 9.25. The Morgan fingerprint density at radius 3 is 2.70 bits per heavy atom. The molecule has 0 fully saturated rings. The van der Waals surface area contributed by atoms with E-state index in [0.717, 1.165) is 28.5 Å². The first kappa shape index (κ1) is 17.6. The van der Waals surface area contributed by atoms with Crippen LogP contribution in [-0.2, 0) is 11.2 Å². The van der Waals surface area contributed by atoms with Crippen LogP contribution in [0.2, 0.25) is 5.02 Å². The summed E-state index contributed by atoms with van der Waals surface area (Å²) in [6.07, 6.45) is 1.51. The molecule has 0 atom stereocenters. The summed E-state index contributed by atoms with van der Waals surface area (Å²) in [6.45, 7) is 2.02. The minimum Gasteiger partial charge on any atom is -0.512 e. The predicted octanol–water partition coefficient (Wildman–Crippen LogP) is 5.87. The quantitative estimate of drug-likeness (QED) is 0.615. The van der Waals surface area contributed by atoms with Crippen molar-refractivity contribution < 1.29 is 14.6 Å². The Labute approximate surface area is 162 Å². The lowest BCUT2D eigenvalue weighted by Gasteiger charge is -2.12. The molecule has 2 aromatic carbocycles. The van der Waals surface area contributed by atoms with Crippen molar-refractivity contribution in [2.24, 2.45) is 0 Å². The number of halogens is 1. The zero-order valence-electron chi connectivity index (χ0n) is 14.8. The van der Waals surface area contributed by atoms with E-state index in [0.29, 0.717) is 35.1 Å². The molecule has 4 rings (SSSR count). The normalized spacial score (nSPS) is 14.2. The van der Waals surface area contributed by atoms with Crippen LogP contribution in [0.4, 0.5) is 0 Å². The van der Waals surface area contributed by atoms with E-state index < -0.39 is 0 Å². The fourth-order valence-corrected chi connectivity index (χ4v) is 3.54. The average molecular weight is 380 g/mol. The molecular formula is C22H18ClNO3. The van der Waals surface area contributed by atoms with Crippen molar-refractivity contribution in [3.63, 3.8) is 0 Å². The highest BCUT2D eigenvalue weighted by Gasteiger charge is 2.26. The van der Waals surface area contributed by atoms with Gasteiger partial charge in [0.15, 0.2) is 5.78 Å².